The first kappa shape index (κ1) is 23.5. The fourth-order valence-corrected chi connectivity index (χ4v) is 3.46. The standard InChI is InChI=1S/C19H27N5O5S/c1-12(21-18(26)16-20-11-24(22-16)19(3,4)5)14-8-7-9-15(10-14)30(27,28)23-17(25)13(2)29-6/h7-13H,1-6H3,(H,21,26)(H,23,25)/t12?,13-/m0/s1. The van der Waals surface area contributed by atoms with Gasteiger partial charge in [0.25, 0.3) is 21.8 Å². The van der Waals surface area contributed by atoms with Crippen LogP contribution in [0.4, 0.5) is 0 Å². The Bertz CT molecular complexity index is 1030. The van der Waals surface area contributed by atoms with Gasteiger partial charge in [0, 0.05) is 7.11 Å². The predicted octanol–water partition coefficient (Wildman–Crippen LogP) is 1.36. The number of aromatic nitrogens is 3. The molecule has 11 heteroatoms. The van der Waals surface area contributed by atoms with Crippen molar-refractivity contribution in [3.8, 4) is 0 Å². The van der Waals surface area contributed by atoms with Crippen LogP contribution in [0, 0.1) is 0 Å². The second-order valence-electron chi connectivity index (χ2n) is 7.80. The number of hydrogen-bond donors (Lipinski definition) is 2. The highest BCUT2D eigenvalue weighted by atomic mass is 32.2. The van der Waals surface area contributed by atoms with Crippen molar-refractivity contribution in [3.63, 3.8) is 0 Å². The van der Waals surface area contributed by atoms with Gasteiger partial charge in [0.1, 0.15) is 12.4 Å². The number of sulfonamides is 1. The summed E-state index contributed by atoms with van der Waals surface area (Å²) in [6.45, 7) is 8.95. The summed E-state index contributed by atoms with van der Waals surface area (Å²) in [5, 5.41) is 6.93. The third kappa shape index (κ3) is 5.63. The van der Waals surface area contributed by atoms with Crippen molar-refractivity contribution < 1.29 is 22.7 Å². The SMILES string of the molecule is CO[C@@H](C)C(=O)NS(=O)(=O)c1cccc(C(C)NC(=O)c2ncn(C(C)(C)C)n2)c1. The molecule has 0 saturated carbocycles. The first-order valence-corrected chi connectivity index (χ1v) is 10.8. The predicted molar refractivity (Wildman–Crippen MR) is 109 cm³/mol. The lowest BCUT2D eigenvalue weighted by Crippen LogP contribution is -2.38. The van der Waals surface area contributed by atoms with Gasteiger partial charge in [0.05, 0.1) is 16.5 Å². The minimum atomic E-state index is -4.08. The number of carbonyl (C=O) groups excluding carboxylic acids is 2. The third-order valence-electron chi connectivity index (χ3n) is 4.36. The highest BCUT2D eigenvalue weighted by molar-refractivity contribution is 7.90. The molecule has 2 rings (SSSR count). The van der Waals surface area contributed by atoms with Crippen LogP contribution < -0.4 is 10.0 Å². The van der Waals surface area contributed by atoms with E-state index in [2.05, 4.69) is 15.4 Å². The molecule has 2 N–H and O–H groups in total. The second kappa shape index (κ2) is 8.92. The summed E-state index contributed by atoms with van der Waals surface area (Å²) in [7, 11) is -2.78. The van der Waals surface area contributed by atoms with Gasteiger partial charge in [-0.3, -0.25) is 9.59 Å². The maximum Gasteiger partial charge on any atom is 0.291 e. The molecule has 1 heterocycles. The molecule has 1 unspecified atom stereocenters. The average molecular weight is 438 g/mol. The number of ether oxygens (including phenoxy) is 1. The molecule has 164 valence electrons. The maximum absolute atomic E-state index is 12.5. The van der Waals surface area contributed by atoms with E-state index in [0.29, 0.717) is 5.56 Å². The molecule has 0 aliphatic heterocycles. The topological polar surface area (TPSA) is 132 Å². The third-order valence-corrected chi connectivity index (χ3v) is 5.70. The van der Waals surface area contributed by atoms with Crippen LogP contribution in [0.2, 0.25) is 0 Å². The van der Waals surface area contributed by atoms with Crippen LogP contribution in [0.1, 0.15) is 56.8 Å². The van der Waals surface area contributed by atoms with Gasteiger partial charge >= 0.3 is 0 Å². The summed E-state index contributed by atoms with van der Waals surface area (Å²) in [5.41, 5.74) is 0.221. The lowest BCUT2D eigenvalue weighted by atomic mass is 10.1. The number of nitrogens with zero attached hydrogens (tertiary/aromatic N) is 3. The van der Waals surface area contributed by atoms with Gasteiger partial charge in [-0.1, -0.05) is 12.1 Å². The number of methoxy groups -OCH3 is 1. The fraction of sp³-hybridized carbons (Fsp3) is 0.474. The first-order valence-electron chi connectivity index (χ1n) is 9.27. The summed E-state index contributed by atoms with van der Waals surface area (Å²) in [5.74, 6) is -1.24. The largest absolute Gasteiger partial charge is 0.372 e. The Morgan fingerprint density at radius 2 is 1.87 bits per heavy atom. The van der Waals surface area contributed by atoms with Crippen LogP contribution >= 0.6 is 0 Å². The first-order chi connectivity index (χ1) is 13.8. The van der Waals surface area contributed by atoms with E-state index >= 15 is 0 Å². The Balaban J connectivity index is 2.16. The lowest BCUT2D eigenvalue weighted by Gasteiger charge is -2.18. The van der Waals surface area contributed by atoms with E-state index in [1.54, 1.807) is 17.7 Å². The zero-order chi connectivity index (χ0) is 22.7. The minimum Gasteiger partial charge on any atom is -0.372 e. The molecule has 0 fully saturated rings. The van der Waals surface area contributed by atoms with E-state index in [4.69, 9.17) is 4.74 Å². The van der Waals surface area contributed by atoms with Crippen LogP contribution in [0.3, 0.4) is 0 Å². The van der Waals surface area contributed by atoms with Crippen LogP contribution in [-0.2, 0) is 25.1 Å². The van der Waals surface area contributed by atoms with Crippen LogP contribution in [0.5, 0.6) is 0 Å². The lowest BCUT2D eigenvalue weighted by molar-refractivity contribution is -0.128. The Hall–Kier alpha value is -2.79. The van der Waals surface area contributed by atoms with Gasteiger partial charge in [-0.15, -0.1) is 5.10 Å². The van der Waals surface area contributed by atoms with Gasteiger partial charge < -0.3 is 10.1 Å². The number of benzene rings is 1. The number of carbonyl (C=O) groups is 2. The van der Waals surface area contributed by atoms with E-state index in [9.17, 15) is 18.0 Å². The maximum atomic E-state index is 12.5. The molecule has 0 spiro atoms. The van der Waals surface area contributed by atoms with Crippen molar-refractivity contribution in [2.45, 2.75) is 57.2 Å². The van der Waals surface area contributed by atoms with Crippen molar-refractivity contribution in [1.29, 1.82) is 0 Å². The Morgan fingerprint density at radius 3 is 2.43 bits per heavy atom. The number of amides is 2. The fourth-order valence-electron chi connectivity index (χ4n) is 2.37. The zero-order valence-corrected chi connectivity index (χ0v) is 18.6. The van der Waals surface area contributed by atoms with Crippen LogP contribution in [0.25, 0.3) is 0 Å². The molecule has 10 nitrogen and oxygen atoms in total. The Kier molecular flexibility index (Phi) is 6.99. The molecule has 0 aliphatic carbocycles. The van der Waals surface area contributed by atoms with Crippen LogP contribution in [-0.4, -0.2) is 48.2 Å². The van der Waals surface area contributed by atoms with E-state index in [1.165, 1.54) is 38.6 Å². The Labute approximate surface area is 176 Å². The molecule has 2 atom stereocenters. The van der Waals surface area contributed by atoms with Gasteiger partial charge in [0.15, 0.2) is 0 Å². The summed E-state index contributed by atoms with van der Waals surface area (Å²) in [4.78, 5) is 28.3. The highest BCUT2D eigenvalue weighted by Gasteiger charge is 2.23. The van der Waals surface area contributed by atoms with E-state index in [0.717, 1.165) is 0 Å². The number of hydrogen-bond acceptors (Lipinski definition) is 7. The monoisotopic (exact) mass is 437 g/mol. The number of nitrogens with one attached hydrogen (secondary N) is 2. The van der Waals surface area contributed by atoms with E-state index in [-0.39, 0.29) is 16.3 Å². The van der Waals surface area contributed by atoms with Crippen LogP contribution in [0.15, 0.2) is 35.5 Å². The van der Waals surface area contributed by atoms with Crippen molar-refractivity contribution >= 4 is 21.8 Å². The van der Waals surface area contributed by atoms with Gasteiger partial charge in [-0.05, 0) is 52.3 Å². The molecule has 30 heavy (non-hydrogen) atoms. The van der Waals surface area contributed by atoms with Gasteiger partial charge in [-0.2, -0.15) is 0 Å². The average Bonchev–Trinajstić information content (AvgIpc) is 3.18. The molecule has 0 radical (unpaired) electrons. The molecule has 0 bridgehead atoms. The summed E-state index contributed by atoms with van der Waals surface area (Å²) < 4.78 is 33.3. The van der Waals surface area contributed by atoms with Gasteiger partial charge in [0.2, 0.25) is 5.82 Å². The van der Waals surface area contributed by atoms with Gasteiger partial charge in [-0.25, -0.2) is 22.8 Å². The molecule has 2 aromatic rings. The normalized spacial score (nSPS) is 14.1. The molecule has 2 amide bonds. The summed E-state index contributed by atoms with van der Waals surface area (Å²) in [6.07, 6.45) is 0.567. The van der Waals surface area contributed by atoms with Crippen molar-refractivity contribution in [2.24, 2.45) is 0 Å². The quantitative estimate of drug-likeness (QED) is 0.668. The molecule has 0 aliphatic rings. The highest BCUT2D eigenvalue weighted by Crippen LogP contribution is 2.18. The van der Waals surface area contributed by atoms with E-state index in [1.807, 2.05) is 25.5 Å². The summed E-state index contributed by atoms with van der Waals surface area (Å²) >= 11 is 0. The smallest absolute Gasteiger partial charge is 0.291 e. The molecular formula is C19H27N5O5S. The minimum absolute atomic E-state index is 0.0152. The zero-order valence-electron chi connectivity index (χ0n) is 17.8. The van der Waals surface area contributed by atoms with E-state index < -0.39 is 34.0 Å². The summed E-state index contributed by atoms with van der Waals surface area (Å²) in [6, 6.07) is 5.42. The van der Waals surface area contributed by atoms with Crippen molar-refractivity contribution in [3.05, 3.63) is 42.0 Å². The van der Waals surface area contributed by atoms with Crippen molar-refractivity contribution in [1.82, 2.24) is 24.8 Å². The molecule has 1 aromatic carbocycles. The number of rotatable bonds is 7. The molecule has 0 saturated heterocycles. The van der Waals surface area contributed by atoms with Crippen molar-refractivity contribution in [2.75, 3.05) is 7.11 Å². The molecule has 1 aromatic heterocycles. The molecular weight excluding hydrogens is 410 g/mol. The second-order valence-corrected chi connectivity index (χ2v) is 9.48. The Morgan fingerprint density at radius 1 is 1.20 bits per heavy atom.